The number of pyridine rings is 1. The number of aryl methyl sites for hydroxylation is 1. The Balaban J connectivity index is 1.32. The number of carbonyl (C=O) groups excluding carboxylic acids is 3. The Morgan fingerprint density at radius 3 is 2.44 bits per heavy atom. The summed E-state index contributed by atoms with van der Waals surface area (Å²) in [6, 6.07) is 23.1. The first-order chi connectivity index (χ1) is 16.6. The van der Waals surface area contributed by atoms with E-state index in [1.54, 1.807) is 48.5 Å². The molecule has 0 saturated heterocycles. The molecule has 168 valence electrons. The van der Waals surface area contributed by atoms with Gasteiger partial charge in [0.25, 0.3) is 5.91 Å². The predicted octanol–water partition coefficient (Wildman–Crippen LogP) is 4.75. The Kier molecular flexibility index (Phi) is 5.87. The number of aromatic nitrogens is 1. The van der Waals surface area contributed by atoms with E-state index < -0.39 is 18.5 Å². The lowest BCUT2D eigenvalue weighted by molar-refractivity contribution is -0.119. The smallest absolute Gasteiger partial charge is 0.339 e. The van der Waals surface area contributed by atoms with E-state index in [2.05, 4.69) is 10.3 Å². The van der Waals surface area contributed by atoms with Gasteiger partial charge in [-0.15, -0.1) is 0 Å². The molecule has 0 saturated carbocycles. The topological polar surface area (TPSA) is 85.4 Å². The van der Waals surface area contributed by atoms with E-state index in [9.17, 15) is 14.4 Å². The summed E-state index contributed by atoms with van der Waals surface area (Å²) >= 11 is 0. The fourth-order valence-corrected chi connectivity index (χ4v) is 4.37. The van der Waals surface area contributed by atoms with Crippen LogP contribution in [-0.4, -0.2) is 29.3 Å². The number of esters is 1. The second kappa shape index (κ2) is 9.27. The summed E-state index contributed by atoms with van der Waals surface area (Å²) in [6.07, 6.45) is 2.53. The summed E-state index contributed by atoms with van der Waals surface area (Å²) in [5.41, 5.74) is 4.32. The number of ether oxygens (including phenoxy) is 1. The summed E-state index contributed by atoms with van der Waals surface area (Å²) in [4.78, 5) is 43.3. The Bertz CT molecular complexity index is 1410. The van der Waals surface area contributed by atoms with Gasteiger partial charge in [-0.2, -0.15) is 0 Å². The SMILES string of the molecule is O=C(COC(=O)c1c2c(nc3ccccc13)CCC2)Nc1ccccc1C(=O)c1ccccc1. The number of anilines is 1. The van der Waals surface area contributed by atoms with Crippen LogP contribution in [0.4, 0.5) is 5.69 Å². The summed E-state index contributed by atoms with van der Waals surface area (Å²) in [5.74, 6) is -1.26. The lowest BCUT2D eigenvalue weighted by Gasteiger charge is -2.13. The largest absolute Gasteiger partial charge is 0.452 e. The zero-order chi connectivity index (χ0) is 23.5. The van der Waals surface area contributed by atoms with Gasteiger partial charge in [-0.3, -0.25) is 14.6 Å². The van der Waals surface area contributed by atoms with E-state index in [4.69, 9.17) is 4.74 Å². The van der Waals surface area contributed by atoms with Crippen LogP contribution in [0.5, 0.6) is 0 Å². The van der Waals surface area contributed by atoms with Crippen molar-refractivity contribution in [3.63, 3.8) is 0 Å². The number of nitrogens with one attached hydrogen (secondary N) is 1. The fourth-order valence-electron chi connectivity index (χ4n) is 4.37. The zero-order valence-corrected chi connectivity index (χ0v) is 18.4. The monoisotopic (exact) mass is 450 g/mol. The zero-order valence-electron chi connectivity index (χ0n) is 18.4. The Hall–Kier alpha value is -4.32. The summed E-state index contributed by atoms with van der Waals surface area (Å²) < 4.78 is 5.42. The first-order valence-corrected chi connectivity index (χ1v) is 11.2. The predicted molar refractivity (Wildman–Crippen MR) is 129 cm³/mol. The van der Waals surface area contributed by atoms with Crippen molar-refractivity contribution in [3.8, 4) is 0 Å². The number of hydrogen-bond donors (Lipinski definition) is 1. The van der Waals surface area contributed by atoms with Crippen LogP contribution >= 0.6 is 0 Å². The van der Waals surface area contributed by atoms with E-state index in [1.165, 1.54) is 0 Å². The Labute approximate surface area is 196 Å². The fraction of sp³-hybridized carbons (Fsp3) is 0.143. The van der Waals surface area contributed by atoms with Crippen molar-refractivity contribution in [2.24, 2.45) is 0 Å². The second-order valence-corrected chi connectivity index (χ2v) is 8.15. The van der Waals surface area contributed by atoms with E-state index in [1.807, 2.05) is 30.3 Å². The van der Waals surface area contributed by atoms with E-state index >= 15 is 0 Å². The number of ketones is 1. The van der Waals surface area contributed by atoms with Gasteiger partial charge in [0.2, 0.25) is 0 Å². The minimum atomic E-state index is -0.541. The maximum absolute atomic E-state index is 13.1. The van der Waals surface area contributed by atoms with Crippen molar-refractivity contribution in [3.05, 3.63) is 107 Å². The number of carbonyl (C=O) groups is 3. The maximum atomic E-state index is 13.1. The molecule has 0 aliphatic heterocycles. The van der Waals surface area contributed by atoms with Gasteiger partial charge in [-0.1, -0.05) is 60.7 Å². The van der Waals surface area contributed by atoms with Gasteiger partial charge in [0, 0.05) is 22.2 Å². The molecule has 3 aromatic carbocycles. The van der Waals surface area contributed by atoms with Crippen LogP contribution in [0.1, 0.15) is 44.0 Å². The van der Waals surface area contributed by atoms with Crippen LogP contribution in [0, 0.1) is 0 Å². The molecule has 0 bridgehead atoms. The van der Waals surface area contributed by atoms with Crippen LogP contribution in [0.15, 0.2) is 78.9 Å². The third-order valence-corrected chi connectivity index (χ3v) is 5.94. The highest BCUT2D eigenvalue weighted by Crippen LogP contribution is 2.30. The molecule has 1 heterocycles. The number of amides is 1. The first-order valence-electron chi connectivity index (χ1n) is 11.2. The lowest BCUT2D eigenvalue weighted by atomic mass is 10.0. The quantitative estimate of drug-likeness (QED) is 0.338. The molecule has 6 nitrogen and oxygen atoms in total. The van der Waals surface area contributed by atoms with Crippen LogP contribution in [-0.2, 0) is 22.4 Å². The van der Waals surface area contributed by atoms with Crippen LogP contribution in [0.25, 0.3) is 10.9 Å². The van der Waals surface area contributed by atoms with E-state index in [0.717, 1.165) is 41.4 Å². The number of fused-ring (bicyclic) bond motifs is 2. The molecule has 0 fully saturated rings. The summed E-state index contributed by atoms with van der Waals surface area (Å²) in [5, 5.41) is 3.44. The molecule has 4 aromatic rings. The normalized spacial score (nSPS) is 12.2. The van der Waals surface area contributed by atoms with E-state index in [-0.39, 0.29) is 5.78 Å². The Morgan fingerprint density at radius 1 is 0.853 bits per heavy atom. The molecule has 6 heteroatoms. The van der Waals surface area contributed by atoms with E-state index in [0.29, 0.717) is 22.4 Å². The lowest BCUT2D eigenvalue weighted by Crippen LogP contribution is -2.23. The van der Waals surface area contributed by atoms with Crippen molar-refractivity contribution in [1.82, 2.24) is 4.98 Å². The third kappa shape index (κ3) is 4.18. The number of benzene rings is 3. The van der Waals surface area contributed by atoms with Gasteiger partial charge >= 0.3 is 5.97 Å². The summed E-state index contributed by atoms with van der Waals surface area (Å²) in [7, 11) is 0. The molecule has 34 heavy (non-hydrogen) atoms. The minimum absolute atomic E-state index is 0.202. The molecule has 1 N–H and O–H groups in total. The molecule has 1 aliphatic carbocycles. The highest BCUT2D eigenvalue weighted by Gasteiger charge is 2.25. The number of para-hydroxylation sites is 2. The van der Waals surface area contributed by atoms with Crippen molar-refractivity contribution in [2.45, 2.75) is 19.3 Å². The van der Waals surface area contributed by atoms with Gasteiger partial charge in [-0.05, 0) is 43.0 Å². The molecule has 1 aliphatic rings. The van der Waals surface area contributed by atoms with Crippen molar-refractivity contribution < 1.29 is 19.1 Å². The first kappa shape index (κ1) is 21.5. The van der Waals surface area contributed by atoms with Crippen LogP contribution in [0.2, 0.25) is 0 Å². The van der Waals surface area contributed by atoms with Crippen molar-refractivity contribution in [2.75, 3.05) is 11.9 Å². The molecule has 1 aromatic heterocycles. The van der Waals surface area contributed by atoms with Crippen LogP contribution in [0.3, 0.4) is 0 Å². The van der Waals surface area contributed by atoms with Crippen molar-refractivity contribution in [1.29, 1.82) is 0 Å². The van der Waals surface area contributed by atoms with Crippen LogP contribution < -0.4 is 5.32 Å². The van der Waals surface area contributed by atoms with Gasteiger partial charge in [-0.25, -0.2) is 4.79 Å². The van der Waals surface area contributed by atoms with Gasteiger partial charge in [0.1, 0.15) is 0 Å². The Morgan fingerprint density at radius 2 is 1.59 bits per heavy atom. The molecule has 0 radical (unpaired) electrons. The average molecular weight is 450 g/mol. The summed E-state index contributed by atoms with van der Waals surface area (Å²) in [6.45, 7) is -0.460. The maximum Gasteiger partial charge on any atom is 0.339 e. The molecule has 5 rings (SSSR count). The number of rotatable bonds is 6. The van der Waals surface area contributed by atoms with Gasteiger partial charge in [0.15, 0.2) is 12.4 Å². The number of hydrogen-bond acceptors (Lipinski definition) is 5. The molecule has 1 amide bonds. The minimum Gasteiger partial charge on any atom is -0.452 e. The average Bonchev–Trinajstić information content (AvgIpc) is 3.34. The molecule has 0 spiro atoms. The van der Waals surface area contributed by atoms with Gasteiger partial charge < -0.3 is 10.1 Å². The molecular weight excluding hydrogens is 428 g/mol. The standard InChI is InChI=1S/C28H22N2O4/c31-25(30-24-15-7-5-12-21(24)27(32)18-9-2-1-3-10-18)17-34-28(33)26-19-11-4-6-14-22(19)29-23-16-8-13-20(23)26/h1-7,9-12,14-15H,8,13,16-17H2,(H,30,31). The second-order valence-electron chi connectivity index (χ2n) is 8.15. The highest BCUT2D eigenvalue weighted by atomic mass is 16.5. The molecule has 0 unspecified atom stereocenters. The highest BCUT2D eigenvalue weighted by molar-refractivity contribution is 6.14. The molecular formula is C28H22N2O4. The molecule has 0 atom stereocenters. The number of nitrogens with zero attached hydrogens (tertiary/aromatic N) is 1. The van der Waals surface area contributed by atoms with Gasteiger partial charge in [0.05, 0.1) is 16.8 Å². The third-order valence-electron chi connectivity index (χ3n) is 5.94. The van der Waals surface area contributed by atoms with Crippen molar-refractivity contribution >= 4 is 34.3 Å².